The van der Waals surface area contributed by atoms with Crippen molar-refractivity contribution >= 4 is 28.8 Å². The van der Waals surface area contributed by atoms with Crippen molar-refractivity contribution in [3.8, 4) is 0 Å². The zero-order valence-electron chi connectivity index (χ0n) is 18.0. The zero-order chi connectivity index (χ0) is 22.1. The highest BCUT2D eigenvalue weighted by Gasteiger charge is 2.25. The standard InChI is InChI=1S/C21H27N7O3/c1-13-12-15(25-24-13)14-8-10-28(11-9-14)19(30)7-6-18(29)22-17-5-4-16-20(23-17)27(3)21(31)26(16)2/h4-5,12,14H,6-11H2,1-3H3,(H,24,25)(H,22,23,29). The number of imidazole rings is 1. The predicted molar refractivity (Wildman–Crippen MR) is 116 cm³/mol. The lowest BCUT2D eigenvalue weighted by Gasteiger charge is -2.31. The van der Waals surface area contributed by atoms with Gasteiger partial charge in [-0.1, -0.05) is 0 Å². The van der Waals surface area contributed by atoms with Gasteiger partial charge in [0.15, 0.2) is 5.65 Å². The molecule has 2 amide bonds. The van der Waals surface area contributed by atoms with E-state index in [2.05, 4.69) is 26.6 Å². The molecule has 0 spiro atoms. The highest BCUT2D eigenvalue weighted by atomic mass is 16.2. The lowest BCUT2D eigenvalue weighted by atomic mass is 9.93. The summed E-state index contributed by atoms with van der Waals surface area (Å²) in [6.45, 7) is 3.34. The maximum Gasteiger partial charge on any atom is 0.329 e. The molecule has 1 aliphatic rings. The first-order valence-electron chi connectivity index (χ1n) is 10.5. The third kappa shape index (κ3) is 4.23. The molecule has 1 saturated heterocycles. The first-order valence-corrected chi connectivity index (χ1v) is 10.5. The number of anilines is 1. The molecule has 4 rings (SSSR count). The van der Waals surface area contributed by atoms with Crippen molar-refractivity contribution in [1.82, 2.24) is 29.2 Å². The van der Waals surface area contributed by atoms with Crippen molar-refractivity contribution in [3.63, 3.8) is 0 Å². The first kappa shape index (κ1) is 20.8. The predicted octanol–water partition coefficient (Wildman–Crippen LogP) is 1.43. The molecule has 1 aliphatic heterocycles. The summed E-state index contributed by atoms with van der Waals surface area (Å²) in [4.78, 5) is 43.0. The van der Waals surface area contributed by atoms with Gasteiger partial charge >= 0.3 is 5.69 Å². The Kier molecular flexibility index (Phi) is 5.62. The minimum absolute atomic E-state index is 0.0133. The maximum atomic E-state index is 12.5. The number of aromatic amines is 1. The number of hydrogen-bond acceptors (Lipinski definition) is 5. The van der Waals surface area contributed by atoms with Gasteiger partial charge in [0.1, 0.15) is 5.82 Å². The molecule has 0 bridgehead atoms. The number of piperidine rings is 1. The molecule has 0 aromatic carbocycles. The van der Waals surface area contributed by atoms with E-state index in [1.54, 1.807) is 26.2 Å². The Balaban J connectivity index is 1.28. The van der Waals surface area contributed by atoms with Gasteiger partial charge in [-0.25, -0.2) is 9.78 Å². The number of aryl methyl sites for hydroxylation is 3. The van der Waals surface area contributed by atoms with Crippen LogP contribution in [-0.2, 0) is 23.7 Å². The minimum Gasteiger partial charge on any atom is -0.343 e. The Hall–Kier alpha value is -3.43. The maximum absolute atomic E-state index is 12.5. The number of amides is 2. The van der Waals surface area contributed by atoms with Crippen LogP contribution >= 0.6 is 0 Å². The summed E-state index contributed by atoms with van der Waals surface area (Å²) in [7, 11) is 3.31. The molecular formula is C21H27N7O3. The number of rotatable bonds is 5. The highest BCUT2D eigenvalue weighted by Crippen LogP contribution is 2.27. The van der Waals surface area contributed by atoms with E-state index < -0.39 is 0 Å². The van der Waals surface area contributed by atoms with E-state index in [0.717, 1.165) is 24.2 Å². The van der Waals surface area contributed by atoms with E-state index in [-0.39, 0.29) is 30.3 Å². The fourth-order valence-corrected chi connectivity index (χ4v) is 4.09. The Morgan fingerprint density at radius 2 is 1.90 bits per heavy atom. The highest BCUT2D eigenvalue weighted by molar-refractivity contribution is 5.93. The van der Waals surface area contributed by atoms with Crippen LogP contribution in [0.1, 0.15) is 43.0 Å². The summed E-state index contributed by atoms with van der Waals surface area (Å²) in [5.74, 6) is 0.442. The van der Waals surface area contributed by atoms with Crippen molar-refractivity contribution < 1.29 is 9.59 Å². The summed E-state index contributed by atoms with van der Waals surface area (Å²) in [5, 5.41) is 10.0. The number of pyridine rings is 1. The molecule has 0 unspecified atom stereocenters. The zero-order valence-corrected chi connectivity index (χ0v) is 18.0. The average molecular weight is 425 g/mol. The van der Waals surface area contributed by atoms with E-state index in [1.807, 2.05) is 11.8 Å². The van der Waals surface area contributed by atoms with E-state index in [4.69, 9.17) is 0 Å². The van der Waals surface area contributed by atoms with E-state index in [9.17, 15) is 14.4 Å². The molecular weight excluding hydrogens is 398 g/mol. The molecule has 10 heteroatoms. The van der Waals surface area contributed by atoms with Crippen LogP contribution < -0.4 is 11.0 Å². The fourth-order valence-electron chi connectivity index (χ4n) is 4.09. The molecule has 0 aliphatic carbocycles. The normalized spacial score (nSPS) is 14.9. The molecule has 0 atom stereocenters. The largest absolute Gasteiger partial charge is 0.343 e. The average Bonchev–Trinajstić information content (AvgIpc) is 3.30. The Labute approximate surface area is 179 Å². The third-order valence-electron chi connectivity index (χ3n) is 5.93. The molecule has 0 saturated carbocycles. The molecule has 3 aromatic heterocycles. The number of H-pyrrole nitrogens is 1. The van der Waals surface area contributed by atoms with Gasteiger partial charge in [0.25, 0.3) is 0 Å². The van der Waals surface area contributed by atoms with Crippen LogP contribution in [0.2, 0.25) is 0 Å². The van der Waals surface area contributed by atoms with Gasteiger partial charge in [0, 0.05) is 51.6 Å². The molecule has 10 nitrogen and oxygen atoms in total. The van der Waals surface area contributed by atoms with Gasteiger partial charge in [0.2, 0.25) is 11.8 Å². The number of likely N-dealkylation sites (tertiary alicyclic amines) is 1. The minimum atomic E-state index is -0.275. The van der Waals surface area contributed by atoms with Gasteiger partial charge in [0.05, 0.1) is 11.2 Å². The lowest BCUT2D eigenvalue weighted by Crippen LogP contribution is -2.38. The lowest BCUT2D eigenvalue weighted by molar-refractivity contribution is -0.133. The van der Waals surface area contributed by atoms with Crippen molar-refractivity contribution in [2.24, 2.45) is 14.1 Å². The molecule has 1 fully saturated rings. The number of fused-ring (bicyclic) bond motifs is 1. The van der Waals surface area contributed by atoms with Gasteiger partial charge in [-0.05, 0) is 38.0 Å². The Bertz CT molecular complexity index is 1180. The summed E-state index contributed by atoms with van der Waals surface area (Å²) >= 11 is 0. The molecule has 4 heterocycles. The van der Waals surface area contributed by atoms with Gasteiger partial charge in [-0.2, -0.15) is 5.10 Å². The molecule has 3 aromatic rings. The van der Waals surface area contributed by atoms with Crippen LogP contribution in [0.3, 0.4) is 0 Å². The summed E-state index contributed by atoms with van der Waals surface area (Å²) in [6, 6.07) is 5.46. The second-order valence-corrected chi connectivity index (χ2v) is 8.12. The second-order valence-electron chi connectivity index (χ2n) is 8.12. The van der Waals surface area contributed by atoms with Gasteiger partial charge < -0.3 is 10.2 Å². The topological polar surface area (TPSA) is 118 Å². The number of aromatic nitrogens is 5. The van der Waals surface area contributed by atoms with Crippen molar-refractivity contribution in [2.45, 2.75) is 38.5 Å². The number of hydrogen-bond donors (Lipinski definition) is 2. The second kappa shape index (κ2) is 8.37. The van der Waals surface area contributed by atoms with Crippen molar-refractivity contribution in [1.29, 1.82) is 0 Å². The van der Waals surface area contributed by atoms with Gasteiger partial charge in [-0.15, -0.1) is 0 Å². The Morgan fingerprint density at radius 3 is 2.58 bits per heavy atom. The monoisotopic (exact) mass is 425 g/mol. The van der Waals surface area contributed by atoms with Crippen molar-refractivity contribution in [3.05, 3.63) is 40.1 Å². The molecule has 2 N–H and O–H groups in total. The van der Waals surface area contributed by atoms with Crippen LogP contribution in [0, 0.1) is 6.92 Å². The van der Waals surface area contributed by atoms with E-state index >= 15 is 0 Å². The number of nitrogens with one attached hydrogen (secondary N) is 2. The first-order chi connectivity index (χ1) is 14.8. The van der Waals surface area contributed by atoms with Crippen LogP contribution in [-0.4, -0.2) is 54.1 Å². The summed E-state index contributed by atoms with van der Waals surface area (Å²) in [6.07, 6.45) is 2.00. The third-order valence-corrected chi connectivity index (χ3v) is 5.93. The molecule has 31 heavy (non-hydrogen) atoms. The summed E-state index contributed by atoms with van der Waals surface area (Å²) in [5.41, 5.74) is 3.11. The number of carbonyl (C=O) groups excluding carboxylic acids is 2. The smallest absolute Gasteiger partial charge is 0.329 e. The molecule has 164 valence electrons. The van der Waals surface area contributed by atoms with Crippen molar-refractivity contribution in [2.75, 3.05) is 18.4 Å². The number of nitrogens with zero attached hydrogens (tertiary/aromatic N) is 5. The summed E-state index contributed by atoms with van der Waals surface area (Å²) < 4.78 is 2.94. The van der Waals surface area contributed by atoms with Crippen LogP contribution in [0.4, 0.5) is 5.82 Å². The van der Waals surface area contributed by atoms with E-state index in [1.165, 1.54) is 9.13 Å². The Morgan fingerprint density at radius 1 is 1.16 bits per heavy atom. The SMILES string of the molecule is Cc1cc(C2CCN(C(=O)CCC(=O)Nc3ccc4c(n3)n(C)c(=O)n4C)CC2)n[nH]1. The van der Waals surface area contributed by atoms with Crippen LogP contribution in [0.25, 0.3) is 11.2 Å². The quantitative estimate of drug-likeness (QED) is 0.641. The fraction of sp³-hybridized carbons (Fsp3) is 0.476. The molecule has 0 radical (unpaired) electrons. The van der Waals surface area contributed by atoms with E-state index in [0.29, 0.717) is 36.0 Å². The van der Waals surface area contributed by atoms with Gasteiger partial charge in [-0.3, -0.25) is 23.8 Å². The van der Waals surface area contributed by atoms with Crippen LogP contribution in [0.15, 0.2) is 23.0 Å². The van der Waals surface area contributed by atoms with Crippen LogP contribution in [0.5, 0.6) is 0 Å². The number of carbonyl (C=O) groups is 2.